The topological polar surface area (TPSA) is 101 Å². The summed E-state index contributed by atoms with van der Waals surface area (Å²) in [6, 6.07) is 7.97. The zero-order valence-electron chi connectivity index (χ0n) is 22.5. The van der Waals surface area contributed by atoms with Gasteiger partial charge in [-0.1, -0.05) is 19.1 Å². The van der Waals surface area contributed by atoms with Gasteiger partial charge >= 0.3 is 11.9 Å². The lowest BCUT2D eigenvalue weighted by atomic mass is 9.86. The highest BCUT2D eigenvalue weighted by atomic mass is 19.1. The molecule has 0 amide bonds. The molecule has 0 aliphatic heterocycles. The third-order valence-electron chi connectivity index (χ3n) is 6.09. The Hall–Kier alpha value is -4.41. The molecular weight excluding hydrogens is 531 g/mol. The van der Waals surface area contributed by atoms with E-state index in [1.807, 2.05) is 0 Å². The van der Waals surface area contributed by atoms with Crippen LogP contribution in [0.1, 0.15) is 54.7 Å². The number of halogens is 3. The Balaban J connectivity index is 1.88. The molecule has 3 rings (SSSR count). The summed E-state index contributed by atoms with van der Waals surface area (Å²) in [7, 11) is 2.63. The molecule has 0 aliphatic rings. The molecule has 1 aromatic heterocycles. The number of esters is 2. The van der Waals surface area contributed by atoms with E-state index in [2.05, 4.69) is 4.98 Å². The van der Waals surface area contributed by atoms with E-state index in [0.29, 0.717) is 11.6 Å². The molecule has 3 aromatic rings. The summed E-state index contributed by atoms with van der Waals surface area (Å²) in [4.78, 5) is 41.6. The zero-order valence-corrected chi connectivity index (χ0v) is 22.5. The van der Waals surface area contributed by atoms with Crippen molar-refractivity contribution in [2.75, 3.05) is 14.2 Å². The number of benzene rings is 2. The lowest BCUT2D eigenvalue weighted by Gasteiger charge is -2.27. The van der Waals surface area contributed by atoms with Gasteiger partial charge in [0.2, 0.25) is 5.75 Å². The molecule has 40 heavy (non-hydrogen) atoms. The number of ether oxygens (including phenoxy) is 4. The molecule has 0 fully saturated rings. The Morgan fingerprint density at radius 2 is 1.50 bits per heavy atom. The molecule has 0 saturated heterocycles. The van der Waals surface area contributed by atoms with Gasteiger partial charge in [-0.2, -0.15) is 0 Å². The van der Waals surface area contributed by atoms with Gasteiger partial charge in [0.05, 0.1) is 26.1 Å². The fourth-order valence-corrected chi connectivity index (χ4v) is 4.23. The van der Waals surface area contributed by atoms with Crippen molar-refractivity contribution >= 4 is 17.7 Å². The van der Waals surface area contributed by atoms with Crippen molar-refractivity contribution in [3.63, 3.8) is 0 Å². The second kappa shape index (κ2) is 13.1. The SMILES string of the molecule is COc1cc(F)ccc1[C@@H](c1ccc(F)cc1F)[C@H](C)OC(=O)[C@H](C)CC(=O)c1nccc(OC)c1OC(C)=O. The minimum atomic E-state index is -1.06. The number of carbonyl (C=O) groups is 3. The van der Waals surface area contributed by atoms with E-state index in [1.165, 1.54) is 52.5 Å². The Morgan fingerprint density at radius 3 is 2.10 bits per heavy atom. The van der Waals surface area contributed by atoms with Crippen LogP contribution in [0.4, 0.5) is 13.2 Å². The minimum Gasteiger partial charge on any atom is -0.496 e. The molecule has 0 bridgehead atoms. The van der Waals surface area contributed by atoms with Gasteiger partial charge in [-0.25, -0.2) is 18.2 Å². The van der Waals surface area contributed by atoms with Crippen molar-refractivity contribution in [1.29, 1.82) is 0 Å². The average molecular weight is 560 g/mol. The van der Waals surface area contributed by atoms with E-state index in [1.54, 1.807) is 0 Å². The standard InChI is InChI=1S/C29H28F3NO7/c1-15(12-23(35)27-28(40-17(3)34)24(37-4)10-11-33-27)29(36)39-16(2)26(20-8-6-18(30)13-22(20)32)21-9-7-19(31)14-25(21)38-5/h6-11,13-16,26H,12H2,1-5H3/t15-,16+,26-/m1/s1. The van der Waals surface area contributed by atoms with E-state index in [-0.39, 0.29) is 34.9 Å². The molecule has 0 radical (unpaired) electrons. The molecule has 212 valence electrons. The maximum atomic E-state index is 14.9. The third kappa shape index (κ3) is 6.96. The molecule has 0 spiro atoms. The number of pyridine rings is 1. The van der Waals surface area contributed by atoms with Crippen LogP contribution >= 0.6 is 0 Å². The number of carbonyl (C=O) groups excluding carboxylic acids is 3. The quantitative estimate of drug-likeness (QED) is 0.227. The smallest absolute Gasteiger partial charge is 0.309 e. The average Bonchev–Trinajstić information content (AvgIpc) is 2.90. The summed E-state index contributed by atoms with van der Waals surface area (Å²) in [5.74, 6) is -6.43. The number of ketones is 1. The van der Waals surface area contributed by atoms with E-state index in [9.17, 15) is 27.6 Å². The second-order valence-corrected chi connectivity index (χ2v) is 8.98. The van der Waals surface area contributed by atoms with Gasteiger partial charge in [-0.05, 0) is 24.6 Å². The fraction of sp³-hybridized carbons (Fsp3) is 0.310. The zero-order chi connectivity index (χ0) is 29.6. The maximum absolute atomic E-state index is 14.9. The first kappa shape index (κ1) is 30.1. The second-order valence-electron chi connectivity index (χ2n) is 8.98. The van der Waals surface area contributed by atoms with Gasteiger partial charge in [0.25, 0.3) is 0 Å². The Kier molecular flexibility index (Phi) is 9.87. The number of aromatic nitrogens is 1. The molecule has 0 aliphatic carbocycles. The largest absolute Gasteiger partial charge is 0.496 e. The minimum absolute atomic E-state index is 0.0121. The van der Waals surface area contributed by atoms with Gasteiger partial charge in [0.1, 0.15) is 29.3 Å². The van der Waals surface area contributed by atoms with Crippen LogP contribution in [0.5, 0.6) is 17.2 Å². The number of Topliss-reactive ketones (excluding diaryl/α,β-unsaturated/α-hetero) is 1. The first-order valence-corrected chi connectivity index (χ1v) is 12.2. The summed E-state index contributed by atoms with van der Waals surface area (Å²) in [5.41, 5.74) is 0.0801. The predicted octanol–water partition coefficient (Wildman–Crippen LogP) is 5.41. The van der Waals surface area contributed by atoms with Crippen LogP contribution in [-0.2, 0) is 14.3 Å². The van der Waals surface area contributed by atoms with Gasteiger partial charge < -0.3 is 18.9 Å². The molecule has 8 nitrogen and oxygen atoms in total. The van der Waals surface area contributed by atoms with Crippen molar-refractivity contribution in [1.82, 2.24) is 4.98 Å². The molecule has 11 heteroatoms. The van der Waals surface area contributed by atoms with Crippen molar-refractivity contribution < 1.29 is 46.5 Å². The van der Waals surface area contributed by atoms with Crippen LogP contribution in [0, 0.1) is 23.4 Å². The first-order chi connectivity index (χ1) is 19.0. The van der Waals surface area contributed by atoms with E-state index in [0.717, 1.165) is 25.1 Å². The summed E-state index contributed by atoms with van der Waals surface area (Å²) >= 11 is 0. The molecule has 3 atom stereocenters. The van der Waals surface area contributed by atoms with Crippen LogP contribution < -0.4 is 14.2 Å². The number of rotatable bonds is 11. The van der Waals surface area contributed by atoms with Crippen molar-refractivity contribution in [2.24, 2.45) is 5.92 Å². The maximum Gasteiger partial charge on any atom is 0.309 e. The van der Waals surface area contributed by atoms with Gasteiger partial charge in [-0.3, -0.25) is 14.4 Å². The van der Waals surface area contributed by atoms with Crippen LogP contribution in [-0.4, -0.2) is 43.0 Å². The highest BCUT2D eigenvalue weighted by Gasteiger charge is 2.32. The Morgan fingerprint density at radius 1 is 0.875 bits per heavy atom. The van der Waals surface area contributed by atoms with Gasteiger partial charge in [-0.15, -0.1) is 0 Å². The molecule has 0 unspecified atom stereocenters. The van der Waals surface area contributed by atoms with Crippen molar-refractivity contribution in [2.45, 2.75) is 39.2 Å². The number of hydrogen-bond donors (Lipinski definition) is 0. The van der Waals surface area contributed by atoms with Crippen molar-refractivity contribution in [3.05, 3.63) is 82.9 Å². The number of hydrogen-bond acceptors (Lipinski definition) is 8. The van der Waals surface area contributed by atoms with Crippen molar-refractivity contribution in [3.8, 4) is 17.2 Å². The van der Waals surface area contributed by atoms with E-state index in [4.69, 9.17) is 18.9 Å². The lowest BCUT2D eigenvalue weighted by Crippen LogP contribution is -2.28. The molecule has 1 heterocycles. The monoisotopic (exact) mass is 559 g/mol. The molecule has 0 N–H and O–H groups in total. The van der Waals surface area contributed by atoms with E-state index < -0.39 is 53.1 Å². The lowest BCUT2D eigenvalue weighted by molar-refractivity contribution is -0.153. The van der Waals surface area contributed by atoms with Gasteiger partial charge in [0.15, 0.2) is 17.2 Å². The summed E-state index contributed by atoms with van der Waals surface area (Å²) in [6.45, 7) is 4.09. The number of nitrogens with zero attached hydrogens (tertiary/aromatic N) is 1. The summed E-state index contributed by atoms with van der Waals surface area (Å²) in [6.07, 6.45) is -0.131. The Labute approximate surface area is 229 Å². The van der Waals surface area contributed by atoms with E-state index >= 15 is 0 Å². The van der Waals surface area contributed by atoms with Crippen LogP contribution in [0.3, 0.4) is 0 Å². The molecule has 0 saturated carbocycles. The Bertz CT molecular complexity index is 1410. The fourth-order valence-electron chi connectivity index (χ4n) is 4.23. The summed E-state index contributed by atoms with van der Waals surface area (Å²) < 4.78 is 63.7. The van der Waals surface area contributed by atoms with Crippen LogP contribution in [0.25, 0.3) is 0 Å². The number of methoxy groups -OCH3 is 2. The van der Waals surface area contributed by atoms with Gasteiger partial charge in [0, 0.05) is 43.3 Å². The highest BCUT2D eigenvalue weighted by Crippen LogP contribution is 2.38. The van der Waals surface area contributed by atoms with Crippen LogP contribution in [0.2, 0.25) is 0 Å². The third-order valence-corrected chi connectivity index (χ3v) is 6.09. The van der Waals surface area contributed by atoms with Crippen LogP contribution in [0.15, 0.2) is 48.7 Å². The molecule has 2 aromatic carbocycles. The summed E-state index contributed by atoms with van der Waals surface area (Å²) in [5, 5.41) is 0. The highest BCUT2D eigenvalue weighted by molar-refractivity contribution is 5.99. The predicted molar refractivity (Wildman–Crippen MR) is 137 cm³/mol. The molecular formula is C29H28F3NO7. The normalized spacial score (nSPS) is 13.1. The first-order valence-electron chi connectivity index (χ1n) is 12.2.